The molecule has 3 aromatic rings. The van der Waals surface area contributed by atoms with Crippen LogP contribution in [-0.4, -0.2) is 10.1 Å². The molecule has 0 aliphatic rings. The van der Waals surface area contributed by atoms with Crippen molar-refractivity contribution in [2.45, 2.75) is 9.24 Å². The van der Waals surface area contributed by atoms with Gasteiger partial charge in [0.1, 0.15) is 0 Å². The van der Waals surface area contributed by atoms with Gasteiger partial charge in [0, 0.05) is 10.6 Å². The van der Waals surface area contributed by atoms with Crippen molar-refractivity contribution in [1.29, 1.82) is 0 Å². The number of aromatic nitrogens is 1. The average molecular weight is 317 g/mol. The van der Waals surface area contributed by atoms with Gasteiger partial charge in [0.25, 0.3) is 0 Å². The summed E-state index contributed by atoms with van der Waals surface area (Å²) in [5, 5.41) is 3.18. The van der Waals surface area contributed by atoms with Crippen LogP contribution in [0.25, 0.3) is 10.2 Å². The van der Waals surface area contributed by atoms with E-state index in [4.69, 9.17) is 18.0 Å². The van der Waals surface area contributed by atoms with Crippen molar-refractivity contribution in [1.82, 2.24) is 4.98 Å². The van der Waals surface area contributed by atoms with Crippen LogP contribution in [0.2, 0.25) is 0 Å². The van der Waals surface area contributed by atoms with Crippen LogP contribution in [-0.2, 0) is 0 Å². The lowest BCUT2D eigenvalue weighted by Crippen LogP contribution is -2.18. The Morgan fingerprint density at radius 2 is 1.90 bits per heavy atom. The molecule has 0 saturated heterocycles. The molecule has 0 amide bonds. The number of fused-ring (bicyclic) bond motifs is 1. The topological polar surface area (TPSA) is 50.9 Å². The van der Waals surface area contributed by atoms with Crippen LogP contribution in [0.4, 0.5) is 5.69 Å². The Kier molecular flexibility index (Phi) is 3.86. The van der Waals surface area contributed by atoms with Crippen LogP contribution < -0.4 is 11.1 Å². The zero-order chi connectivity index (χ0) is 13.9. The normalized spacial score (nSPS) is 10.6. The summed E-state index contributed by atoms with van der Waals surface area (Å²) in [5.41, 5.74) is 7.38. The van der Waals surface area contributed by atoms with Crippen LogP contribution in [0, 0.1) is 0 Å². The van der Waals surface area contributed by atoms with E-state index in [0.717, 1.165) is 20.4 Å². The standard InChI is InChI=1S/C14H11N3S3/c15-13(18)16-9-5-7-10(8-6-9)19-14-17-11-3-1-2-4-12(11)20-14/h1-8H,(H3,15,16,18). The number of nitrogens with one attached hydrogen (secondary N) is 1. The van der Waals surface area contributed by atoms with E-state index in [-0.39, 0.29) is 5.11 Å². The predicted octanol–water partition coefficient (Wildman–Crippen LogP) is 4.10. The number of hydrogen-bond acceptors (Lipinski definition) is 4. The third kappa shape index (κ3) is 3.09. The second-order valence-electron chi connectivity index (χ2n) is 4.06. The Balaban J connectivity index is 1.78. The van der Waals surface area contributed by atoms with Gasteiger partial charge in [-0.25, -0.2) is 4.98 Å². The first kappa shape index (κ1) is 13.4. The van der Waals surface area contributed by atoms with Crippen LogP contribution in [0.1, 0.15) is 0 Å². The molecular weight excluding hydrogens is 306 g/mol. The third-order valence-electron chi connectivity index (χ3n) is 2.60. The van der Waals surface area contributed by atoms with Gasteiger partial charge in [0.2, 0.25) is 0 Å². The number of benzene rings is 2. The van der Waals surface area contributed by atoms with Crippen molar-refractivity contribution < 1.29 is 0 Å². The van der Waals surface area contributed by atoms with Gasteiger partial charge >= 0.3 is 0 Å². The molecule has 1 aromatic heterocycles. The minimum absolute atomic E-state index is 0.275. The number of hydrogen-bond donors (Lipinski definition) is 2. The first-order valence-corrected chi connectivity index (χ1v) is 7.95. The number of anilines is 1. The SMILES string of the molecule is NC(=S)Nc1ccc(Sc2nc3ccccc3s2)cc1. The summed E-state index contributed by atoms with van der Waals surface area (Å²) in [6.45, 7) is 0. The van der Waals surface area contributed by atoms with Gasteiger partial charge in [-0.15, -0.1) is 11.3 Å². The fourth-order valence-electron chi connectivity index (χ4n) is 1.74. The minimum atomic E-state index is 0.275. The molecule has 0 aliphatic carbocycles. The molecule has 0 atom stereocenters. The Morgan fingerprint density at radius 3 is 2.60 bits per heavy atom. The molecule has 20 heavy (non-hydrogen) atoms. The molecule has 0 saturated carbocycles. The van der Waals surface area contributed by atoms with Gasteiger partial charge < -0.3 is 11.1 Å². The molecule has 3 N–H and O–H groups in total. The highest BCUT2D eigenvalue weighted by atomic mass is 32.2. The maximum absolute atomic E-state index is 5.44. The first-order chi connectivity index (χ1) is 9.70. The summed E-state index contributed by atoms with van der Waals surface area (Å²) in [6, 6.07) is 16.1. The average Bonchev–Trinajstić information content (AvgIpc) is 2.82. The van der Waals surface area contributed by atoms with Gasteiger partial charge in [-0.3, -0.25) is 0 Å². The summed E-state index contributed by atoms with van der Waals surface area (Å²) in [5.74, 6) is 0. The van der Waals surface area contributed by atoms with Crippen LogP contribution in [0.3, 0.4) is 0 Å². The first-order valence-electron chi connectivity index (χ1n) is 5.91. The van der Waals surface area contributed by atoms with Crippen molar-refractivity contribution in [2.24, 2.45) is 5.73 Å². The second kappa shape index (κ2) is 5.78. The summed E-state index contributed by atoms with van der Waals surface area (Å²) in [7, 11) is 0. The van der Waals surface area contributed by atoms with Crippen molar-refractivity contribution >= 4 is 56.3 Å². The molecule has 100 valence electrons. The van der Waals surface area contributed by atoms with E-state index in [0.29, 0.717) is 0 Å². The number of nitrogens with zero attached hydrogens (tertiary/aromatic N) is 1. The molecular formula is C14H11N3S3. The van der Waals surface area contributed by atoms with E-state index < -0.39 is 0 Å². The van der Waals surface area contributed by atoms with Crippen LogP contribution >= 0.6 is 35.3 Å². The summed E-state index contributed by atoms with van der Waals surface area (Å²) in [4.78, 5) is 5.74. The monoisotopic (exact) mass is 317 g/mol. The number of thiocarbonyl (C=S) groups is 1. The zero-order valence-electron chi connectivity index (χ0n) is 10.4. The van der Waals surface area contributed by atoms with E-state index >= 15 is 0 Å². The highest BCUT2D eigenvalue weighted by molar-refractivity contribution is 8.01. The highest BCUT2D eigenvalue weighted by Gasteiger charge is 2.05. The molecule has 0 spiro atoms. The maximum atomic E-state index is 5.44. The second-order valence-corrected chi connectivity index (χ2v) is 6.85. The van der Waals surface area contributed by atoms with Crippen molar-refractivity contribution in [3.63, 3.8) is 0 Å². The Hall–Kier alpha value is -1.63. The third-order valence-corrected chi connectivity index (χ3v) is 4.81. The number of nitrogens with two attached hydrogens (primary N) is 1. The van der Waals surface area contributed by atoms with Crippen molar-refractivity contribution in [3.8, 4) is 0 Å². The fraction of sp³-hybridized carbons (Fsp3) is 0. The Morgan fingerprint density at radius 1 is 1.15 bits per heavy atom. The summed E-state index contributed by atoms with van der Waals surface area (Å²) < 4.78 is 2.25. The molecule has 0 radical (unpaired) electrons. The lowest BCUT2D eigenvalue weighted by molar-refractivity contribution is 1.29. The predicted molar refractivity (Wildman–Crippen MR) is 90.6 cm³/mol. The number of rotatable bonds is 3. The van der Waals surface area contributed by atoms with Crippen LogP contribution in [0.15, 0.2) is 57.8 Å². The lowest BCUT2D eigenvalue weighted by atomic mass is 10.3. The minimum Gasteiger partial charge on any atom is -0.376 e. The Bertz CT molecular complexity index is 717. The van der Waals surface area contributed by atoms with Gasteiger partial charge in [0.05, 0.1) is 10.2 Å². The van der Waals surface area contributed by atoms with Gasteiger partial charge in [-0.05, 0) is 48.6 Å². The zero-order valence-corrected chi connectivity index (χ0v) is 12.8. The van der Waals surface area contributed by atoms with Gasteiger partial charge in [-0.2, -0.15) is 0 Å². The van der Waals surface area contributed by atoms with Gasteiger partial charge in [0.15, 0.2) is 9.45 Å². The smallest absolute Gasteiger partial charge is 0.168 e. The van der Waals surface area contributed by atoms with E-state index in [1.54, 1.807) is 23.1 Å². The molecule has 0 unspecified atom stereocenters. The van der Waals surface area contributed by atoms with E-state index in [9.17, 15) is 0 Å². The number of thiazole rings is 1. The molecule has 3 rings (SSSR count). The van der Waals surface area contributed by atoms with Gasteiger partial charge in [-0.1, -0.05) is 23.9 Å². The largest absolute Gasteiger partial charge is 0.376 e. The molecule has 0 aliphatic heterocycles. The summed E-state index contributed by atoms with van der Waals surface area (Å²) >= 11 is 8.16. The lowest BCUT2D eigenvalue weighted by Gasteiger charge is -2.04. The number of para-hydroxylation sites is 1. The van der Waals surface area contributed by atoms with E-state index in [2.05, 4.69) is 16.4 Å². The van der Waals surface area contributed by atoms with E-state index in [1.165, 1.54) is 4.70 Å². The fourth-order valence-corrected chi connectivity index (χ4v) is 3.90. The summed E-state index contributed by atoms with van der Waals surface area (Å²) in [6.07, 6.45) is 0. The molecule has 0 bridgehead atoms. The molecule has 3 nitrogen and oxygen atoms in total. The van der Waals surface area contributed by atoms with Crippen molar-refractivity contribution in [2.75, 3.05) is 5.32 Å². The molecule has 1 heterocycles. The molecule has 0 fully saturated rings. The highest BCUT2D eigenvalue weighted by Crippen LogP contribution is 2.34. The van der Waals surface area contributed by atoms with Crippen LogP contribution in [0.5, 0.6) is 0 Å². The Labute approximate surface area is 130 Å². The molecule has 2 aromatic carbocycles. The van der Waals surface area contributed by atoms with E-state index in [1.807, 2.05) is 42.5 Å². The quantitative estimate of drug-likeness (QED) is 0.712. The molecule has 6 heteroatoms. The maximum Gasteiger partial charge on any atom is 0.168 e. The van der Waals surface area contributed by atoms with Crippen molar-refractivity contribution in [3.05, 3.63) is 48.5 Å².